The zero-order valence-corrected chi connectivity index (χ0v) is 21.7. The fourth-order valence-corrected chi connectivity index (χ4v) is 6.12. The van der Waals surface area contributed by atoms with E-state index in [0.717, 1.165) is 11.1 Å². The summed E-state index contributed by atoms with van der Waals surface area (Å²) >= 11 is 0. The Kier molecular flexibility index (Phi) is 5.83. The van der Waals surface area contributed by atoms with Crippen LogP contribution in [0.5, 0.6) is 11.5 Å². The Bertz CT molecular complexity index is 1560. The third kappa shape index (κ3) is 3.66. The van der Waals surface area contributed by atoms with Gasteiger partial charge in [-0.25, -0.2) is 4.90 Å². The van der Waals surface area contributed by atoms with Gasteiger partial charge < -0.3 is 14.4 Å². The Balaban J connectivity index is 1.46. The van der Waals surface area contributed by atoms with Gasteiger partial charge in [-0.1, -0.05) is 24.3 Å². The van der Waals surface area contributed by atoms with Crippen molar-refractivity contribution in [2.45, 2.75) is 19.0 Å². The van der Waals surface area contributed by atoms with E-state index in [-0.39, 0.29) is 17.5 Å². The number of ketones is 2. The van der Waals surface area contributed by atoms with Crippen LogP contribution in [-0.2, 0) is 9.59 Å². The number of hydrogen-bond acceptors (Lipinski definition) is 7. The Hall–Kier alpha value is -4.72. The number of fused-ring (bicyclic) bond motifs is 5. The minimum Gasteiger partial charge on any atom is -0.493 e. The molecule has 196 valence electrons. The van der Waals surface area contributed by atoms with Crippen LogP contribution < -0.4 is 14.4 Å². The maximum absolute atomic E-state index is 14.1. The fourth-order valence-electron chi connectivity index (χ4n) is 6.12. The molecule has 0 N–H and O–H groups in total. The van der Waals surface area contributed by atoms with Gasteiger partial charge in [0, 0.05) is 17.3 Å². The number of amides is 2. The van der Waals surface area contributed by atoms with E-state index in [1.54, 1.807) is 42.5 Å². The zero-order chi connectivity index (χ0) is 27.4. The SMILES string of the molecule is COc1ccc(C(=O)[C@@H]2[C@@H]3C(=O)N(c4ccc(C(C)=O)cc4)C(=O)[C@H]3[C@@H]3c4ccccc4C=CN23)cc1OC. The number of Topliss-reactive ketones (excluding diaryl/α,β-unsaturated/α-hetero) is 2. The van der Waals surface area contributed by atoms with Gasteiger partial charge in [0.1, 0.15) is 6.04 Å². The number of anilines is 1. The summed E-state index contributed by atoms with van der Waals surface area (Å²) in [7, 11) is 3.01. The highest BCUT2D eigenvalue weighted by Gasteiger charge is 2.64. The number of carbonyl (C=O) groups excluding carboxylic acids is 4. The van der Waals surface area contributed by atoms with Gasteiger partial charge in [-0.15, -0.1) is 0 Å². The van der Waals surface area contributed by atoms with E-state index in [1.807, 2.05) is 41.4 Å². The molecule has 3 aromatic carbocycles. The summed E-state index contributed by atoms with van der Waals surface area (Å²) in [5.74, 6) is -1.96. The molecule has 0 saturated carbocycles. The van der Waals surface area contributed by atoms with E-state index >= 15 is 0 Å². The van der Waals surface area contributed by atoms with Crippen molar-refractivity contribution in [1.29, 1.82) is 0 Å². The summed E-state index contributed by atoms with van der Waals surface area (Å²) < 4.78 is 10.7. The number of methoxy groups -OCH3 is 2. The van der Waals surface area contributed by atoms with Crippen molar-refractivity contribution in [2.75, 3.05) is 19.1 Å². The standard InChI is InChI=1S/C31H26N2O6/c1-17(34)18-8-11-21(12-9-18)33-30(36)25-26(31(33)37)28(29(35)20-10-13-23(38-2)24(16-20)39-3)32-15-14-19-6-4-5-7-22(19)27(25)32/h4-16,25-28H,1-3H3/t25-,26-,27+,28+/m1/s1. The Morgan fingerprint density at radius 2 is 1.46 bits per heavy atom. The molecule has 3 aliphatic rings. The molecule has 0 aliphatic carbocycles. The van der Waals surface area contributed by atoms with Crippen LogP contribution >= 0.6 is 0 Å². The van der Waals surface area contributed by atoms with Crippen molar-refractivity contribution in [2.24, 2.45) is 11.8 Å². The summed E-state index contributed by atoms with van der Waals surface area (Å²) in [5, 5.41) is 0. The van der Waals surface area contributed by atoms with E-state index in [9.17, 15) is 19.2 Å². The molecule has 0 aromatic heterocycles. The third-order valence-electron chi connectivity index (χ3n) is 7.93. The van der Waals surface area contributed by atoms with Crippen LogP contribution in [0.25, 0.3) is 6.08 Å². The molecule has 0 radical (unpaired) electrons. The summed E-state index contributed by atoms with van der Waals surface area (Å²) in [6.07, 6.45) is 3.73. The second-order valence-electron chi connectivity index (χ2n) is 9.88. The van der Waals surface area contributed by atoms with Gasteiger partial charge in [0.05, 0.1) is 37.8 Å². The number of nitrogens with zero attached hydrogens (tertiary/aromatic N) is 2. The lowest BCUT2D eigenvalue weighted by atomic mass is 9.83. The van der Waals surface area contributed by atoms with E-state index in [2.05, 4.69) is 0 Å². The second-order valence-corrected chi connectivity index (χ2v) is 9.88. The number of hydrogen-bond donors (Lipinski definition) is 0. The first-order valence-corrected chi connectivity index (χ1v) is 12.7. The fraction of sp³-hybridized carbons (Fsp3) is 0.226. The molecule has 6 rings (SSSR count). The first kappa shape index (κ1) is 24.6. The van der Waals surface area contributed by atoms with E-state index in [4.69, 9.17) is 9.47 Å². The average Bonchev–Trinajstić information content (AvgIpc) is 3.44. The van der Waals surface area contributed by atoms with Crippen molar-refractivity contribution >= 4 is 35.1 Å². The highest BCUT2D eigenvalue weighted by atomic mass is 16.5. The summed E-state index contributed by atoms with van der Waals surface area (Å²) in [6, 6.07) is 17.6. The summed E-state index contributed by atoms with van der Waals surface area (Å²) in [5.41, 5.74) is 3.06. The topological polar surface area (TPSA) is 93.2 Å². The lowest BCUT2D eigenvalue weighted by molar-refractivity contribution is -0.123. The average molecular weight is 523 g/mol. The first-order chi connectivity index (χ1) is 18.8. The molecule has 39 heavy (non-hydrogen) atoms. The molecule has 0 spiro atoms. The number of carbonyl (C=O) groups is 4. The van der Waals surface area contributed by atoms with Crippen LogP contribution in [-0.4, -0.2) is 48.5 Å². The highest BCUT2D eigenvalue weighted by Crippen LogP contribution is 2.53. The molecule has 2 fully saturated rings. The smallest absolute Gasteiger partial charge is 0.240 e. The lowest BCUT2D eigenvalue weighted by Crippen LogP contribution is -2.44. The molecular formula is C31H26N2O6. The van der Waals surface area contributed by atoms with Crippen molar-refractivity contribution in [3.8, 4) is 11.5 Å². The van der Waals surface area contributed by atoms with Gasteiger partial charge in [-0.05, 0) is 66.6 Å². The normalized spacial score (nSPS) is 22.8. The quantitative estimate of drug-likeness (QED) is 0.352. The molecule has 0 unspecified atom stereocenters. The van der Waals surface area contributed by atoms with Crippen molar-refractivity contribution in [1.82, 2.24) is 4.90 Å². The van der Waals surface area contributed by atoms with E-state index < -0.39 is 29.8 Å². The molecule has 8 nitrogen and oxygen atoms in total. The van der Waals surface area contributed by atoms with Gasteiger partial charge in [0.2, 0.25) is 11.8 Å². The van der Waals surface area contributed by atoms with Gasteiger partial charge in [-0.3, -0.25) is 19.2 Å². The Morgan fingerprint density at radius 3 is 2.15 bits per heavy atom. The monoisotopic (exact) mass is 522 g/mol. The van der Waals surface area contributed by atoms with Crippen LogP contribution in [0.4, 0.5) is 5.69 Å². The lowest BCUT2D eigenvalue weighted by Gasteiger charge is -2.35. The number of benzene rings is 3. The maximum Gasteiger partial charge on any atom is 0.240 e. The van der Waals surface area contributed by atoms with Gasteiger partial charge in [0.25, 0.3) is 0 Å². The van der Waals surface area contributed by atoms with Gasteiger partial charge in [-0.2, -0.15) is 0 Å². The van der Waals surface area contributed by atoms with Crippen LogP contribution in [0.3, 0.4) is 0 Å². The molecule has 3 aromatic rings. The predicted octanol–water partition coefficient (Wildman–Crippen LogP) is 4.30. The molecule has 0 bridgehead atoms. The molecule has 2 amide bonds. The van der Waals surface area contributed by atoms with Crippen LogP contribution in [0, 0.1) is 11.8 Å². The Morgan fingerprint density at radius 1 is 0.795 bits per heavy atom. The number of rotatable bonds is 6. The minimum absolute atomic E-state index is 0.112. The van der Waals surface area contributed by atoms with Gasteiger partial charge >= 0.3 is 0 Å². The molecule has 3 heterocycles. The molecule has 8 heteroatoms. The number of ether oxygens (including phenoxy) is 2. The number of imide groups is 1. The van der Waals surface area contributed by atoms with Crippen molar-refractivity contribution in [3.05, 3.63) is 95.2 Å². The Labute approximate surface area is 225 Å². The molecule has 4 atom stereocenters. The zero-order valence-electron chi connectivity index (χ0n) is 21.7. The molecular weight excluding hydrogens is 496 g/mol. The largest absolute Gasteiger partial charge is 0.493 e. The van der Waals surface area contributed by atoms with Gasteiger partial charge in [0.15, 0.2) is 23.1 Å². The minimum atomic E-state index is -0.902. The molecule has 3 aliphatic heterocycles. The predicted molar refractivity (Wildman–Crippen MR) is 144 cm³/mol. The van der Waals surface area contributed by atoms with Crippen molar-refractivity contribution in [3.63, 3.8) is 0 Å². The van der Waals surface area contributed by atoms with Crippen LogP contribution in [0.15, 0.2) is 72.9 Å². The van der Waals surface area contributed by atoms with E-state index in [0.29, 0.717) is 28.3 Å². The maximum atomic E-state index is 14.1. The first-order valence-electron chi connectivity index (χ1n) is 12.7. The summed E-state index contributed by atoms with van der Waals surface area (Å²) in [4.78, 5) is 57.0. The molecule has 2 saturated heterocycles. The van der Waals surface area contributed by atoms with E-state index in [1.165, 1.54) is 26.0 Å². The third-order valence-corrected chi connectivity index (χ3v) is 7.93. The van der Waals surface area contributed by atoms with Crippen molar-refractivity contribution < 1.29 is 28.7 Å². The van der Waals surface area contributed by atoms with Crippen LogP contribution in [0.2, 0.25) is 0 Å². The second kappa shape index (κ2) is 9.23. The summed E-state index contributed by atoms with van der Waals surface area (Å²) in [6.45, 7) is 1.46. The highest BCUT2D eigenvalue weighted by molar-refractivity contribution is 6.24. The van der Waals surface area contributed by atoms with Crippen LogP contribution in [0.1, 0.15) is 44.8 Å².